The fourth-order valence-electron chi connectivity index (χ4n) is 2.87. The second kappa shape index (κ2) is 10.2. The summed E-state index contributed by atoms with van der Waals surface area (Å²) in [6.45, 7) is 3.28. The van der Waals surface area contributed by atoms with Gasteiger partial charge in [-0.3, -0.25) is 4.79 Å². The second-order valence-corrected chi connectivity index (χ2v) is 8.73. The number of carbonyl (C=O) groups excluding carboxylic acids is 1. The first-order chi connectivity index (χ1) is 14.0. The van der Waals surface area contributed by atoms with Gasteiger partial charge in [-0.2, -0.15) is 17.5 Å². The van der Waals surface area contributed by atoms with Gasteiger partial charge in [-0.15, -0.1) is 0 Å². The monoisotopic (exact) mass is 451 g/mol. The standard InChI is InChI=1S/C16H23N3O3S.C2HF3O2/c20-16(18-12-9-17-10-13-18)8-11-19(14-6-7-14)23(21,22)15-4-2-1-3-5-15;3-2(4,5)1(6)7/h1-5,14,17H,6-13H2;(H,6,7). The predicted molar refractivity (Wildman–Crippen MR) is 101 cm³/mol. The van der Waals surface area contributed by atoms with Crippen molar-refractivity contribution in [2.45, 2.75) is 36.4 Å². The van der Waals surface area contributed by atoms with E-state index in [0.29, 0.717) is 18.0 Å². The molecule has 12 heteroatoms. The Labute approximate surface area is 172 Å². The maximum Gasteiger partial charge on any atom is 0.490 e. The molecule has 1 saturated carbocycles. The van der Waals surface area contributed by atoms with Crippen molar-refractivity contribution in [3.63, 3.8) is 0 Å². The number of hydrogen-bond donors (Lipinski definition) is 2. The lowest BCUT2D eigenvalue weighted by molar-refractivity contribution is -0.192. The average Bonchev–Trinajstić information content (AvgIpc) is 3.54. The summed E-state index contributed by atoms with van der Waals surface area (Å²) in [7, 11) is -3.51. The molecule has 8 nitrogen and oxygen atoms in total. The number of sulfonamides is 1. The van der Waals surface area contributed by atoms with Crippen LogP contribution in [0.4, 0.5) is 13.2 Å². The molecule has 2 aliphatic rings. The normalized spacial score (nSPS) is 17.3. The van der Waals surface area contributed by atoms with E-state index in [1.165, 1.54) is 4.31 Å². The molecule has 0 unspecified atom stereocenters. The third kappa shape index (κ3) is 6.96. The molecule has 1 heterocycles. The molecular formula is C18H24F3N3O5S. The first kappa shape index (κ1) is 24.1. The zero-order valence-electron chi connectivity index (χ0n) is 16.1. The molecule has 2 fully saturated rings. The molecule has 0 aromatic heterocycles. The highest BCUT2D eigenvalue weighted by molar-refractivity contribution is 7.89. The molecule has 168 valence electrons. The fraction of sp³-hybridized carbons (Fsp3) is 0.556. The van der Waals surface area contributed by atoms with Crippen molar-refractivity contribution in [1.29, 1.82) is 0 Å². The maximum atomic E-state index is 12.8. The third-order valence-corrected chi connectivity index (χ3v) is 6.53. The Kier molecular flexibility index (Phi) is 8.21. The largest absolute Gasteiger partial charge is 0.490 e. The van der Waals surface area contributed by atoms with Gasteiger partial charge in [0.05, 0.1) is 4.90 Å². The van der Waals surface area contributed by atoms with Crippen LogP contribution in [0.25, 0.3) is 0 Å². The number of amides is 1. The summed E-state index contributed by atoms with van der Waals surface area (Å²) >= 11 is 0. The number of aliphatic carboxylic acids is 1. The smallest absolute Gasteiger partial charge is 0.475 e. The number of nitrogens with one attached hydrogen (secondary N) is 1. The molecule has 1 aromatic rings. The van der Waals surface area contributed by atoms with Gasteiger partial charge in [0.15, 0.2) is 0 Å². The molecule has 1 amide bonds. The maximum absolute atomic E-state index is 12.8. The molecule has 0 radical (unpaired) electrons. The van der Waals surface area contributed by atoms with Crippen molar-refractivity contribution < 1.29 is 36.3 Å². The van der Waals surface area contributed by atoms with Crippen LogP contribution in [0.2, 0.25) is 0 Å². The highest BCUT2D eigenvalue weighted by Crippen LogP contribution is 2.32. The van der Waals surface area contributed by atoms with E-state index < -0.39 is 22.2 Å². The zero-order valence-corrected chi connectivity index (χ0v) is 17.0. The summed E-state index contributed by atoms with van der Waals surface area (Å²) in [6, 6.07) is 8.53. The number of alkyl halides is 3. The van der Waals surface area contributed by atoms with Crippen LogP contribution in [-0.2, 0) is 19.6 Å². The second-order valence-electron chi connectivity index (χ2n) is 6.84. The fourth-order valence-corrected chi connectivity index (χ4v) is 4.57. The summed E-state index contributed by atoms with van der Waals surface area (Å²) in [5, 5.41) is 10.3. The molecular weight excluding hydrogens is 427 g/mol. The third-order valence-electron chi connectivity index (χ3n) is 4.56. The minimum absolute atomic E-state index is 0.0420. The van der Waals surface area contributed by atoms with Gasteiger partial charge < -0.3 is 15.3 Å². The molecule has 1 aliphatic carbocycles. The Balaban J connectivity index is 0.000000396. The number of piperazine rings is 1. The van der Waals surface area contributed by atoms with Gasteiger partial charge in [0, 0.05) is 45.2 Å². The Morgan fingerprint density at radius 3 is 2.13 bits per heavy atom. The SMILES string of the molecule is O=C(CCN(C1CC1)S(=O)(=O)c1ccccc1)N1CCNCC1.O=C(O)C(F)(F)F. The van der Waals surface area contributed by atoms with Gasteiger partial charge in [0.2, 0.25) is 15.9 Å². The number of benzene rings is 1. The Hall–Kier alpha value is -2.18. The van der Waals surface area contributed by atoms with Crippen LogP contribution in [0.15, 0.2) is 35.2 Å². The summed E-state index contributed by atoms with van der Waals surface area (Å²) in [5.74, 6) is -2.71. The van der Waals surface area contributed by atoms with Crippen LogP contribution in [0.3, 0.4) is 0 Å². The molecule has 0 spiro atoms. The van der Waals surface area contributed by atoms with E-state index in [2.05, 4.69) is 5.32 Å². The molecule has 3 rings (SSSR count). The van der Waals surface area contributed by atoms with E-state index in [9.17, 15) is 26.4 Å². The van der Waals surface area contributed by atoms with E-state index in [1.54, 1.807) is 30.3 Å². The number of halogens is 3. The van der Waals surface area contributed by atoms with Gasteiger partial charge in [-0.1, -0.05) is 18.2 Å². The first-order valence-electron chi connectivity index (χ1n) is 9.39. The number of hydrogen-bond acceptors (Lipinski definition) is 5. The highest BCUT2D eigenvalue weighted by atomic mass is 32.2. The summed E-state index contributed by atoms with van der Waals surface area (Å²) in [6.07, 6.45) is -3.07. The topological polar surface area (TPSA) is 107 Å². The lowest BCUT2D eigenvalue weighted by Crippen LogP contribution is -2.47. The van der Waals surface area contributed by atoms with Gasteiger partial charge in [0.1, 0.15) is 0 Å². The summed E-state index contributed by atoms with van der Waals surface area (Å²) in [5.41, 5.74) is 0. The van der Waals surface area contributed by atoms with Gasteiger partial charge >= 0.3 is 12.1 Å². The van der Waals surface area contributed by atoms with E-state index in [0.717, 1.165) is 25.9 Å². The zero-order chi connectivity index (χ0) is 22.4. The van der Waals surface area contributed by atoms with Crippen LogP contribution >= 0.6 is 0 Å². The Morgan fingerprint density at radius 2 is 1.67 bits per heavy atom. The van der Waals surface area contributed by atoms with Crippen molar-refractivity contribution in [2.75, 3.05) is 32.7 Å². The van der Waals surface area contributed by atoms with Crippen LogP contribution in [0, 0.1) is 0 Å². The lowest BCUT2D eigenvalue weighted by atomic mass is 10.3. The van der Waals surface area contributed by atoms with Crippen molar-refractivity contribution in [1.82, 2.24) is 14.5 Å². The predicted octanol–water partition coefficient (Wildman–Crippen LogP) is 1.29. The molecule has 1 aromatic carbocycles. The molecule has 2 N–H and O–H groups in total. The van der Waals surface area contributed by atoms with Crippen molar-refractivity contribution in [3.05, 3.63) is 30.3 Å². The van der Waals surface area contributed by atoms with Crippen LogP contribution < -0.4 is 5.32 Å². The number of carboxylic acid groups (broad SMARTS) is 1. The average molecular weight is 451 g/mol. The van der Waals surface area contributed by atoms with Gasteiger partial charge in [-0.25, -0.2) is 13.2 Å². The molecule has 0 bridgehead atoms. The number of nitrogens with zero attached hydrogens (tertiary/aromatic N) is 2. The molecule has 1 aliphatic heterocycles. The van der Waals surface area contributed by atoms with Crippen LogP contribution in [-0.4, -0.2) is 79.5 Å². The van der Waals surface area contributed by atoms with E-state index in [4.69, 9.17) is 9.90 Å². The van der Waals surface area contributed by atoms with E-state index in [-0.39, 0.29) is 24.9 Å². The van der Waals surface area contributed by atoms with E-state index in [1.807, 2.05) is 4.90 Å². The summed E-state index contributed by atoms with van der Waals surface area (Å²) in [4.78, 5) is 23.3. The Bertz CT molecular complexity index is 823. The minimum Gasteiger partial charge on any atom is -0.475 e. The van der Waals surface area contributed by atoms with Crippen molar-refractivity contribution >= 4 is 21.9 Å². The van der Waals surface area contributed by atoms with Crippen LogP contribution in [0.5, 0.6) is 0 Å². The number of carboxylic acids is 1. The van der Waals surface area contributed by atoms with Crippen molar-refractivity contribution in [3.8, 4) is 0 Å². The van der Waals surface area contributed by atoms with Gasteiger partial charge in [0.25, 0.3) is 0 Å². The number of rotatable bonds is 6. The number of carbonyl (C=O) groups is 2. The highest BCUT2D eigenvalue weighted by Gasteiger charge is 2.39. The first-order valence-corrected chi connectivity index (χ1v) is 10.8. The van der Waals surface area contributed by atoms with E-state index >= 15 is 0 Å². The van der Waals surface area contributed by atoms with Gasteiger partial charge in [-0.05, 0) is 25.0 Å². The summed E-state index contributed by atoms with van der Waals surface area (Å²) < 4.78 is 58.8. The van der Waals surface area contributed by atoms with Crippen molar-refractivity contribution in [2.24, 2.45) is 0 Å². The lowest BCUT2D eigenvalue weighted by Gasteiger charge is -2.28. The van der Waals surface area contributed by atoms with Crippen LogP contribution in [0.1, 0.15) is 19.3 Å². The molecule has 1 saturated heterocycles. The molecule has 30 heavy (non-hydrogen) atoms. The Morgan fingerprint density at radius 1 is 1.13 bits per heavy atom. The quantitative estimate of drug-likeness (QED) is 0.675. The minimum atomic E-state index is -5.08. The molecule has 0 atom stereocenters.